The molecule has 92 valence electrons. The SMILES string of the molecule is CC(CN)C(=O)NC1CCCC(C(N)=O)C1. The van der Waals surface area contributed by atoms with Gasteiger partial charge >= 0.3 is 0 Å². The van der Waals surface area contributed by atoms with Crippen LogP contribution in [0.4, 0.5) is 0 Å². The molecule has 0 aliphatic heterocycles. The van der Waals surface area contributed by atoms with Gasteiger partial charge in [-0.3, -0.25) is 9.59 Å². The Kier molecular flexibility index (Phi) is 4.73. The Morgan fingerprint density at radius 3 is 2.69 bits per heavy atom. The van der Waals surface area contributed by atoms with Crippen LogP contribution in [0.15, 0.2) is 0 Å². The Morgan fingerprint density at radius 1 is 1.44 bits per heavy atom. The Morgan fingerprint density at radius 2 is 2.12 bits per heavy atom. The number of primary amides is 1. The van der Waals surface area contributed by atoms with E-state index in [9.17, 15) is 9.59 Å². The van der Waals surface area contributed by atoms with Crippen molar-refractivity contribution in [3.8, 4) is 0 Å². The van der Waals surface area contributed by atoms with Crippen molar-refractivity contribution >= 4 is 11.8 Å². The van der Waals surface area contributed by atoms with Crippen molar-refractivity contribution in [1.29, 1.82) is 0 Å². The van der Waals surface area contributed by atoms with Crippen molar-refractivity contribution in [3.05, 3.63) is 0 Å². The summed E-state index contributed by atoms with van der Waals surface area (Å²) in [6.07, 6.45) is 3.37. The molecule has 5 heteroatoms. The summed E-state index contributed by atoms with van der Waals surface area (Å²) in [5.41, 5.74) is 10.7. The Hall–Kier alpha value is -1.10. The summed E-state index contributed by atoms with van der Waals surface area (Å²) in [5, 5.41) is 2.93. The first-order valence-electron chi connectivity index (χ1n) is 5.84. The van der Waals surface area contributed by atoms with Crippen molar-refractivity contribution in [2.45, 2.75) is 38.6 Å². The van der Waals surface area contributed by atoms with Gasteiger partial charge in [0.1, 0.15) is 0 Å². The molecule has 1 fully saturated rings. The van der Waals surface area contributed by atoms with E-state index in [1.807, 2.05) is 0 Å². The maximum atomic E-state index is 11.6. The highest BCUT2D eigenvalue weighted by atomic mass is 16.2. The van der Waals surface area contributed by atoms with Gasteiger partial charge in [-0.1, -0.05) is 13.3 Å². The lowest BCUT2D eigenvalue weighted by Crippen LogP contribution is -2.44. The summed E-state index contributed by atoms with van der Waals surface area (Å²) in [4.78, 5) is 22.7. The zero-order chi connectivity index (χ0) is 12.1. The smallest absolute Gasteiger partial charge is 0.224 e. The van der Waals surface area contributed by atoms with E-state index in [0.717, 1.165) is 19.3 Å². The third-order valence-corrected chi connectivity index (χ3v) is 3.22. The molecule has 0 heterocycles. The highest BCUT2D eigenvalue weighted by molar-refractivity contribution is 5.79. The molecule has 3 atom stereocenters. The average molecular weight is 227 g/mol. The molecule has 0 aromatic carbocycles. The highest BCUT2D eigenvalue weighted by Crippen LogP contribution is 2.24. The van der Waals surface area contributed by atoms with Gasteiger partial charge in [0.25, 0.3) is 0 Å². The molecule has 3 unspecified atom stereocenters. The van der Waals surface area contributed by atoms with Crippen LogP contribution >= 0.6 is 0 Å². The van der Waals surface area contributed by atoms with Gasteiger partial charge in [0.05, 0.1) is 0 Å². The molecule has 2 amide bonds. The van der Waals surface area contributed by atoms with E-state index in [0.29, 0.717) is 13.0 Å². The van der Waals surface area contributed by atoms with E-state index >= 15 is 0 Å². The van der Waals surface area contributed by atoms with Crippen molar-refractivity contribution in [3.63, 3.8) is 0 Å². The van der Waals surface area contributed by atoms with Crippen LogP contribution in [0.2, 0.25) is 0 Å². The predicted octanol–water partition coefficient (Wildman–Crippen LogP) is -0.258. The summed E-state index contributed by atoms with van der Waals surface area (Å²) in [6.45, 7) is 2.14. The van der Waals surface area contributed by atoms with E-state index in [4.69, 9.17) is 11.5 Å². The summed E-state index contributed by atoms with van der Waals surface area (Å²) in [5.74, 6) is -0.551. The molecule has 0 spiro atoms. The lowest BCUT2D eigenvalue weighted by molar-refractivity contribution is -0.127. The van der Waals surface area contributed by atoms with Gasteiger partial charge in [-0.05, 0) is 19.3 Å². The Bertz CT molecular complexity index is 268. The summed E-state index contributed by atoms with van der Waals surface area (Å²) in [7, 11) is 0. The number of hydrogen-bond donors (Lipinski definition) is 3. The minimum absolute atomic E-state index is 0.0300. The van der Waals surface area contributed by atoms with Crippen LogP contribution < -0.4 is 16.8 Å². The maximum Gasteiger partial charge on any atom is 0.224 e. The zero-order valence-corrected chi connectivity index (χ0v) is 9.74. The van der Waals surface area contributed by atoms with Crippen LogP contribution in [-0.4, -0.2) is 24.4 Å². The standard InChI is InChI=1S/C11H21N3O2/c1-7(6-12)11(16)14-9-4-2-3-8(5-9)10(13)15/h7-9H,2-6,12H2,1H3,(H2,13,15)(H,14,16). The molecule has 5 N–H and O–H groups in total. The Balaban J connectivity index is 2.43. The molecule has 16 heavy (non-hydrogen) atoms. The molecule has 1 aliphatic rings. The molecule has 1 aliphatic carbocycles. The molecule has 5 nitrogen and oxygen atoms in total. The first-order chi connectivity index (χ1) is 7.54. The van der Waals surface area contributed by atoms with Crippen molar-refractivity contribution in [2.24, 2.45) is 23.3 Å². The van der Waals surface area contributed by atoms with Crippen LogP contribution in [0.1, 0.15) is 32.6 Å². The fourth-order valence-corrected chi connectivity index (χ4v) is 2.03. The predicted molar refractivity (Wildman–Crippen MR) is 61.3 cm³/mol. The second-order valence-electron chi connectivity index (χ2n) is 4.61. The lowest BCUT2D eigenvalue weighted by Gasteiger charge is -2.28. The Labute approximate surface area is 95.9 Å². The van der Waals surface area contributed by atoms with Crippen LogP contribution in [0.3, 0.4) is 0 Å². The van der Waals surface area contributed by atoms with Gasteiger partial charge in [0.15, 0.2) is 0 Å². The van der Waals surface area contributed by atoms with Crippen molar-refractivity contribution in [2.75, 3.05) is 6.54 Å². The van der Waals surface area contributed by atoms with Gasteiger partial charge in [-0.25, -0.2) is 0 Å². The van der Waals surface area contributed by atoms with Crippen LogP contribution in [0.25, 0.3) is 0 Å². The van der Waals surface area contributed by atoms with Gasteiger partial charge in [0, 0.05) is 24.4 Å². The molecular formula is C11H21N3O2. The number of hydrogen-bond acceptors (Lipinski definition) is 3. The number of rotatable bonds is 4. The lowest BCUT2D eigenvalue weighted by atomic mass is 9.85. The second kappa shape index (κ2) is 5.84. The molecule has 0 saturated heterocycles. The minimum Gasteiger partial charge on any atom is -0.369 e. The highest BCUT2D eigenvalue weighted by Gasteiger charge is 2.27. The average Bonchev–Trinajstić information content (AvgIpc) is 2.28. The van der Waals surface area contributed by atoms with Crippen LogP contribution in [-0.2, 0) is 9.59 Å². The number of nitrogens with two attached hydrogens (primary N) is 2. The normalized spacial score (nSPS) is 27.1. The molecule has 0 aromatic heterocycles. The first kappa shape index (κ1) is 13.0. The number of carbonyl (C=O) groups is 2. The summed E-state index contributed by atoms with van der Waals surface area (Å²) < 4.78 is 0. The van der Waals surface area contributed by atoms with Gasteiger partial charge in [0.2, 0.25) is 11.8 Å². The fraction of sp³-hybridized carbons (Fsp3) is 0.818. The number of carbonyl (C=O) groups excluding carboxylic acids is 2. The van der Waals surface area contributed by atoms with Crippen LogP contribution in [0, 0.1) is 11.8 Å². The van der Waals surface area contributed by atoms with E-state index in [1.54, 1.807) is 6.92 Å². The van der Waals surface area contributed by atoms with E-state index in [-0.39, 0.29) is 29.7 Å². The second-order valence-corrected chi connectivity index (χ2v) is 4.61. The topological polar surface area (TPSA) is 98.2 Å². The minimum atomic E-state index is -0.258. The summed E-state index contributed by atoms with van der Waals surface area (Å²) in [6, 6.07) is 0.0766. The molecule has 1 saturated carbocycles. The van der Waals surface area contributed by atoms with E-state index in [1.165, 1.54) is 0 Å². The van der Waals surface area contributed by atoms with Gasteiger partial charge < -0.3 is 16.8 Å². The monoisotopic (exact) mass is 227 g/mol. The first-order valence-corrected chi connectivity index (χ1v) is 5.84. The van der Waals surface area contributed by atoms with Crippen LogP contribution in [0.5, 0.6) is 0 Å². The fourth-order valence-electron chi connectivity index (χ4n) is 2.03. The largest absolute Gasteiger partial charge is 0.369 e. The van der Waals surface area contributed by atoms with Crippen molar-refractivity contribution in [1.82, 2.24) is 5.32 Å². The molecule has 1 rings (SSSR count). The zero-order valence-electron chi connectivity index (χ0n) is 9.74. The number of amides is 2. The van der Waals surface area contributed by atoms with Crippen molar-refractivity contribution < 1.29 is 9.59 Å². The molecular weight excluding hydrogens is 206 g/mol. The van der Waals surface area contributed by atoms with E-state index < -0.39 is 0 Å². The third-order valence-electron chi connectivity index (χ3n) is 3.22. The molecule has 0 aromatic rings. The molecule has 0 bridgehead atoms. The number of nitrogens with one attached hydrogen (secondary N) is 1. The quantitative estimate of drug-likeness (QED) is 0.617. The van der Waals surface area contributed by atoms with Gasteiger partial charge in [-0.15, -0.1) is 0 Å². The maximum absolute atomic E-state index is 11.6. The van der Waals surface area contributed by atoms with E-state index in [2.05, 4.69) is 5.32 Å². The summed E-state index contributed by atoms with van der Waals surface area (Å²) >= 11 is 0. The third kappa shape index (κ3) is 3.48. The molecule has 0 radical (unpaired) electrons. The van der Waals surface area contributed by atoms with Gasteiger partial charge in [-0.2, -0.15) is 0 Å².